The monoisotopic (exact) mass is 194 g/mol. The second-order valence-electron chi connectivity index (χ2n) is 4.06. The highest BCUT2D eigenvalue weighted by Crippen LogP contribution is 2.30. The van der Waals surface area contributed by atoms with Crippen molar-refractivity contribution < 1.29 is 9.53 Å². The zero-order valence-electron chi connectivity index (χ0n) is 9.07. The zero-order valence-corrected chi connectivity index (χ0v) is 9.07. The molecule has 0 fully saturated rings. The van der Waals surface area contributed by atoms with E-state index in [0.29, 0.717) is 10.0 Å². The predicted octanol–water partition coefficient (Wildman–Crippen LogP) is 1.70. The maximum atomic E-state index is 10.6. The van der Waals surface area contributed by atoms with Gasteiger partial charge in [-0.1, -0.05) is 0 Å². The van der Waals surface area contributed by atoms with Crippen molar-refractivity contribution in [3.8, 4) is 5.75 Å². The van der Waals surface area contributed by atoms with Gasteiger partial charge in [0.25, 0.3) is 0 Å². The number of ether oxygens (including phenoxy) is 1. The topological polar surface area (TPSA) is 26.3 Å². The lowest BCUT2D eigenvalue weighted by atomic mass is 10.2. The zero-order chi connectivity index (χ0) is 10.8. The molecule has 0 N–H and O–H groups in total. The predicted molar refractivity (Wildman–Crippen MR) is 57.9 cm³/mol. The first-order chi connectivity index (χ1) is 6.49. The van der Waals surface area contributed by atoms with E-state index in [1.807, 2.05) is 6.07 Å². The van der Waals surface area contributed by atoms with Crippen LogP contribution in [0.15, 0.2) is 18.2 Å². The highest BCUT2D eigenvalue weighted by Gasteiger charge is 2.18. The van der Waals surface area contributed by atoms with Crippen molar-refractivity contribution >= 4 is 12.0 Å². The summed E-state index contributed by atoms with van der Waals surface area (Å²) in [6.07, 6.45) is 0.821. The van der Waals surface area contributed by atoms with Crippen LogP contribution in [0, 0.1) is 0 Å². The summed E-state index contributed by atoms with van der Waals surface area (Å²) in [6, 6.07) is 5.47. The molecule has 0 radical (unpaired) electrons. The molecule has 3 nitrogen and oxygen atoms in total. The summed E-state index contributed by atoms with van der Waals surface area (Å²) >= 11 is 0. The Balaban J connectivity index is 3.25. The van der Waals surface area contributed by atoms with E-state index >= 15 is 0 Å². The Hall–Kier alpha value is -1.35. The maximum Gasteiger partial charge on any atom is 0.180 e. The van der Waals surface area contributed by atoms with E-state index in [1.165, 1.54) is 0 Å². The van der Waals surface area contributed by atoms with E-state index in [4.69, 9.17) is 4.74 Å². The van der Waals surface area contributed by atoms with Crippen LogP contribution in [0.4, 0.5) is 5.69 Å². The van der Waals surface area contributed by atoms with Gasteiger partial charge in [0.1, 0.15) is 6.29 Å². The fraction of sp³-hybridized carbons (Fsp3) is 0.364. The molecular formula is C11H16NO2+. The van der Waals surface area contributed by atoms with Crippen molar-refractivity contribution in [3.05, 3.63) is 23.8 Å². The van der Waals surface area contributed by atoms with Crippen molar-refractivity contribution in [1.29, 1.82) is 0 Å². The third kappa shape index (κ3) is 2.12. The summed E-state index contributed by atoms with van der Waals surface area (Å²) < 4.78 is 5.91. The Labute approximate surface area is 84.5 Å². The molecule has 76 valence electrons. The highest BCUT2D eigenvalue weighted by molar-refractivity contribution is 5.77. The molecule has 0 unspecified atom stereocenters. The average molecular weight is 194 g/mol. The lowest BCUT2D eigenvalue weighted by Crippen LogP contribution is -2.35. The van der Waals surface area contributed by atoms with Crippen LogP contribution >= 0.6 is 0 Å². The molecule has 1 rings (SSSR count). The quantitative estimate of drug-likeness (QED) is 0.541. The summed E-state index contributed by atoms with van der Waals surface area (Å²) in [5, 5.41) is 0. The first-order valence-electron chi connectivity index (χ1n) is 4.44. The fourth-order valence-electron chi connectivity index (χ4n) is 1.32. The minimum absolute atomic E-state index is 0.638. The summed E-state index contributed by atoms with van der Waals surface area (Å²) in [7, 11) is 7.78. The first-order valence-corrected chi connectivity index (χ1v) is 4.44. The molecule has 0 saturated carbocycles. The van der Waals surface area contributed by atoms with Crippen molar-refractivity contribution in [2.75, 3.05) is 28.3 Å². The first kappa shape index (κ1) is 10.7. The molecule has 1 aromatic carbocycles. The number of benzene rings is 1. The van der Waals surface area contributed by atoms with E-state index in [1.54, 1.807) is 19.2 Å². The molecule has 0 saturated heterocycles. The van der Waals surface area contributed by atoms with Crippen LogP contribution in [-0.2, 0) is 0 Å². The molecule has 0 aliphatic heterocycles. The summed E-state index contributed by atoms with van der Waals surface area (Å²) in [5.41, 5.74) is 1.69. The molecular weight excluding hydrogens is 178 g/mol. The molecule has 0 atom stereocenters. The van der Waals surface area contributed by atoms with Gasteiger partial charge in [-0.05, 0) is 12.1 Å². The maximum absolute atomic E-state index is 10.6. The standard InChI is InChI=1S/C11H16NO2/c1-12(2,3)10-6-5-9(8-13)7-11(10)14-4/h5-8H,1-4H3/q+1. The molecule has 14 heavy (non-hydrogen) atoms. The van der Waals surface area contributed by atoms with Gasteiger partial charge in [0.2, 0.25) is 0 Å². The van der Waals surface area contributed by atoms with Gasteiger partial charge in [0.15, 0.2) is 11.4 Å². The van der Waals surface area contributed by atoms with Crippen molar-refractivity contribution in [2.45, 2.75) is 0 Å². The molecule has 3 heteroatoms. The van der Waals surface area contributed by atoms with Crippen LogP contribution in [0.1, 0.15) is 10.4 Å². The smallest absolute Gasteiger partial charge is 0.180 e. The Morgan fingerprint density at radius 3 is 2.36 bits per heavy atom. The van der Waals surface area contributed by atoms with Gasteiger partial charge in [-0.3, -0.25) is 9.28 Å². The Kier molecular flexibility index (Phi) is 2.91. The summed E-state index contributed by atoms with van der Waals surface area (Å²) in [5.74, 6) is 0.752. The van der Waals surface area contributed by atoms with Crippen LogP contribution in [0.3, 0.4) is 0 Å². The number of carbonyl (C=O) groups is 1. The number of hydrogen-bond donors (Lipinski definition) is 0. The van der Waals surface area contributed by atoms with Crippen LogP contribution < -0.4 is 9.22 Å². The third-order valence-corrected chi connectivity index (χ3v) is 2.06. The minimum Gasteiger partial charge on any atom is -0.491 e. The average Bonchev–Trinajstić information content (AvgIpc) is 2.15. The molecule has 0 amide bonds. The third-order valence-electron chi connectivity index (χ3n) is 2.06. The molecule has 0 heterocycles. The Morgan fingerprint density at radius 1 is 1.29 bits per heavy atom. The number of methoxy groups -OCH3 is 1. The number of rotatable bonds is 3. The van der Waals surface area contributed by atoms with E-state index in [2.05, 4.69) is 21.1 Å². The molecule has 1 aromatic rings. The second kappa shape index (κ2) is 3.80. The van der Waals surface area contributed by atoms with Gasteiger partial charge in [-0.25, -0.2) is 0 Å². The number of nitrogens with zero attached hydrogens (tertiary/aromatic N) is 1. The second-order valence-corrected chi connectivity index (χ2v) is 4.06. The molecule has 0 aliphatic carbocycles. The lowest BCUT2D eigenvalue weighted by molar-refractivity contribution is 0.112. The molecule has 0 aliphatic rings. The minimum atomic E-state index is 0.638. The number of quaternary nitrogens is 1. The Morgan fingerprint density at radius 2 is 1.93 bits per heavy atom. The van der Waals surface area contributed by atoms with Gasteiger partial charge in [0, 0.05) is 11.6 Å². The van der Waals surface area contributed by atoms with Crippen LogP contribution in [0.2, 0.25) is 0 Å². The van der Waals surface area contributed by atoms with Gasteiger partial charge in [-0.15, -0.1) is 0 Å². The van der Waals surface area contributed by atoms with Gasteiger partial charge in [-0.2, -0.15) is 0 Å². The van der Waals surface area contributed by atoms with Crippen LogP contribution in [-0.4, -0.2) is 34.5 Å². The van der Waals surface area contributed by atoms with Gasteiger partial charge in [0.05, 0.1) is 28.3 Å². The van der Waals surface area contributed by atoms with Gasteiger partial charge >= 0.3 is 0 Å². The SMILES string of the molecule is COc1cc(C=O)ccc1[N+](C)(C)C. The van der Waals surface area contributed by atoms with E-state index < -0.39 is 0 Å². The molecule has 0 bridgehead atoms. The van der Waals surface area contributed by atoms with Crippen molar-refractivity contribution in [1.82, 2.24) is 4.48 Å². The van der Waals surface area contributed by atoms with Gasteiger partial charge < -0.3 is 4.74 Å². The summed E-state index contributed by atoms with van der Waals surface area (Å²) in [4.78, 5) is 10.6. The number of carbonyl (C=O) groups excluding carboxylic acids is 1. The van der Waals surface area contributed by atoms with E-state index in [9.17, 15) is 4.79 Å². The van der Waals surface area contributed by atoms with E-state index in [0.717, 1.165) is 17.7 Å². The van der Waals surface area contributed by atoms with Crippen molar-refractivity contribution in [2.24, 2.45) is 0 Å². The summed E-state index contributed by atoms with van der Waals surface area (Å²) in [6.45, 7) is 0. The number of hydrogen-bond acceptors (Lipinski definition) is 2. The van der Waals surface area contributed by atoms with Crippen LogP contribution in [0.5, 0.6) is 5.75 Å². The van der Waals surface area contributed by atoms with Crippen molar-refractivity contribution in [3.63, 3.8) is 0 Å². The Bertz CT molecular complexity index is 340. The highest BCUT2D eigenvalue weighted by atomic mass is 16.5. The fourth-order valence-corrected chi connectivity index (χ4v) is 1.32. The van der Waals surface area contributed by atoms with Crippen LogP contribution in [0.25, 0.3) is 0 Å². The number of aldehydes is 1. The largest absolute Gasteiger partial charge is 0.491 e. The lowest BCUT2D eigenvalue weighted by Gasteiger charge is -2.25. The normalized spacial score (nSPS) is 11.1. The molecule has 0 spiro atoms. The van der Waals surface area contributed by atoms with E-state index in [-0.39, 0.29) is 0 Å². The molecule has 0 aromatic heterocycles.